The number of amides is 1. The first-order chi connectivity index (χ1) is 7.70. The van der Waals surface area contributed by atoms with Gasteiger partial charge in [0, 0.05) is 27.1 Å². The molecule has 6 nitrogen and oxygen atoms in total. The molecule has 1 saturated heterocycles. The second-order valence-electron chi connectivity index (χ2n) is 3.92. The third-order valence-electron chi connectivity index (χ3n) is 2.70. The van der Waals surface area contributed by atoms with Crippen LogP contribution < -0.4 is 0 Å². The number of aromatic nitrogens is 2. The van der Waals surface area contributed by atoms with E-state index in [2.05, 4.69) is 10.2 Å². The lowest BCUT2D eigenvalue weighted by Gasteiger charge is -2.14. The van der Waals surface area contributed by atoms with Crippen LogP contribution in [0.4, 0.5) is 0 Å². The van der Waals surface area contributed by atoms with Gasteiger partial charge in [0.05, 0.1) is 5.92 Å². The van der Waals surface area contributed by atoms with Crippen LogP contribution in [0.3, 0.4) is 0 Å². The lowest BCUT2D eigenvalue weighted by atomic mass is 10.1. The minimum atomic E-state index is 0.0150. The van der Waals surface area contributed by atoms with Crippen LogP contribution in [0.1, 0.15) is 24.1 Å². The first-order valence-corrected chi connectivity index (χ1v) is 5.27. The second kappa shape index (κ2) is 4.61. The predicted molar refractivity (Wildman–Crippen MR) is 54.8 cm³/mol. The maximum atomic E-state index is 11.6. The van der Waals surface area contributed by atoms with Crippen LogP contribution in [-0.4, -0.2) is 47.8 Å². The first-order valence-electron chi connectivity index (χ1n) is 5.27. The number of carbonyl (C=O) groups excluding carboxylic acids is 1. The Hall–Kier alpha value is -1.43. The Balaban J connectivity index is 1.95. The molecule has 1 amide bonds. The van der Waals surface area contributed by atoms with Crippen molar-refractivity contribution in [3.05, 3.63) is 11.8 Å². The Bertz CT molecular complexity index is 377. The van der Waals surface area contributed by atoms with Crippen molar-refractivity contribution in [1.29, 1.82) is 0 Å². The number of hydrogen-bond donors (Lipinski definition) is 0. The molecule has 0 bridgehead atoms. The summed E-state index contributed by atoms with van der Waals surface area (Å²) in [6.45, 7) is 3.27. The monoisotopic (exact) mass is 225 g/mol. The molecule has 0 saturated carbocycles. The summed E-state index contributed by atoms with van der Waals surface area (Å²) >= 11 is 0. The summed E-state index contributed by atoms with van der Waals surface area (Å²) in [6, 6.07) is 0. The second-order valence-corrected chi connectivity index (χ2v) is 3.92. The molecular weight excluding hydrogens is 210 g/mol. The summed E-state index contributed by atoms with van der Waals surface area (Å²) < 4.78 is 10.2. The molecule has 88 valence electrons. The summed E-state index contributed by atoms with van der Waals surface area (Å²) in [5.74, 6) is 1.38. The molecule has 1 aromatic heterocycles. The van der Waals surface area contributed by atoms with Gasteiger partial charge in [-0.15, -0.1) is 10.2 Å². The van der Waals surface area contributed by atoms with Gasteiger partial charge in [-0.05, 0) is 6.42 Å². The molecule has 1 aliphatic heterocycles. The van der Waals surface area contributed by atoms with Gasteiger partial charge in [-0.25, -0.2) is 0 Å². The van der Waals surface area contributed by atoms with E-state index < -0.39 is 0 Å². The standard InChI is InChI=1S/C10H15N3O3/c1-7-11-12-10(16-7)8-3-4-13(5-8)9(14)6-15-2/h8H,3-6H2,1-2H3. The largest absolute Gasteiger partial charge is 0.425 e. The van der Waals surface area contributed by atoms with Crippen molar-refractivity contribution in [1.82, 2.24) is 15.1 Å². The van der Waals surface area contributed by atoms with Crippen molar-refractivity contribution < 1.29 is 13.9 Å². The highest BCUT2D eigenvalue weighted by Gasteiger charge is 2.30. The molecule has 0 N–H and O–H groups in total. The van der Waals surface area contributed by atoms with Crippen molar-refractivity contribution >= 4 is 5.91 Å². The van der Waals surface area contributed by atoms with Crippen molar-refractivity contribution in [3.8, 4) is 0 Å². The third-order valence-corrected chi connectivity index (χ3v) is 2.70. The highest BCUT2D eigenvalue weighted by atomic mass is 16.5. The zero-order valence-electron chi connectivity index (χ0n) is 9.47. The van der Waals surface area contributed by atoms with E-state index in [1.54, 1.807) is 11.8 Å². The van der Waals surface area contributed by atoms with E-state index in [9.17, 15) is 4.79 Å². The molecule has 0 spiro atoms. The molecule has 1 unspecified atom stereocenters. The SMILES string of the molecule is COCC(=O)N1CCC(c2nnc(C)o2)C1. The van der Waals surface area contributed by atoms with Gasteiger partial charge in [0.1, 0.15) is 6.61 Å². The quantitative estimate of drug-likeness (QED) is 0.742. The van der Waals surface area contributed by atoms with Crippen LogP contribution in [0.2, 0.25) is 0 Å². The van der Waals surface area contributed by atoms with Gasteiger partial charge in [-0.3, -0.25) is 4.79 Å². The van der Waals surface area contributed by atoms with Gasteiger partial charge < -0.3 is 14.1 Å². The lowest BCUT2D eigenvalue weighted by Crippen LogP contribution is -2.31. The number of carbonyl (C=O) groups is 1. The molecule has 0 radical (unpaired) electrons. The minimum absolute atomic E-state index is 0.0150. The highest BCUT2D eigenvalue weighted by Crippen LogP contribution is 2.25. The molecular formula is C10H15N3O3. The van der Waals surface area contributed by atoms with Gasteiger partial charge in [0.15, 0.2) is 0 Å². The van der Waals surface area contributed by atoms with Crippen LogP contribution in [0.25, 0.3) is 0 Å². The molecule has 2 heterocycles. The summed E-state index contributed by atoms with van der Waals surface area (Å²) in [4.78, 5) is 13.3. The fraction of sp³-hybridized carbons (Fsp3) is 0.700. The highest BCUT2D eigenvalue weighted by molar-refractivity contribution is 5.77. The smallest absolute Gasteiger partial charge is 0.248 e. The molecule has 6 heteroatoms. The van der Waals surface area contributed by atoms with Crippen LogP contribution in [-0.2, 0) is 9.53 Å². The van der Waals surface area contributed by atoms with Crippen molar-refractivity contribution in [2.45, 2.75) is 19.3 Å². The number of aryl methyl sites for hydroxylation is 1. The lowest BCUT2D eigenvalue weighted by molar-refractivity contribution is -0.134. The molecule has 1 aromatic rings. The zero-order chi connectivity index (χ0) is 11.5. The van der Waals surface area contributed by atoms with E-state index in [1.165, 1.54) is 7.11 Å². The molecule has 1 fully saturated rings. The average molecular weight is 225 g/mol. The van der Waals surface area contributed by atoms with E-state index in [-0.39, 0.29) is 18.4 Å². The summed E-state index contributed by atoms with van der Waals surface area (Å²) in [5, 5.41) is 7.77. The first kappa shape index (κ1) is 11.1. The number of ether oxygens (including phenoxy) is 1. The molecule has 1 atom stereocenters. The van der Waals surface area contributed by atoms with Gasteiger partial charge in [-0.2, -0.15) is 0 Å². The molecule has 0 aromatic carbocycles. The topological polar surface area (TPSA) is 68.5 Å². The molecule has 2 rings (SSSR count). The van der Waals surface area contributed by atoms with Crippen LogP contribution in [0.5, 0.6) is 0 Å². The van der Waals surface area contributed by atoms with Crippen LogP contribution in [0, 0.1) is 6.92 Å². The van der Waals surface area contributed by atoms with Crippen LogP contribution >= 0.6 is 0 Å². The Kier molecular flexibility index (Phi) is 3.19. The van der Waals surface area contributed by atoms with Gasteiger partial charge in [0.25, 0.3) is 0 Å². The maximum Gasteiger partial charge on any atom is 0.248 e. The van der Waals surface area contributed by atoms with E-state index in [4.69, 9.17) is 9.15 Å². The minimum Gasteiger partial charge on any atom is -0.425 e. The summed E-state index contributed by atoms with van der Waals surface area (Å²) in [7, 11) is 1.52. The zero-order valence-corrected chi connectivity index (χ0v) is 9.47. The fourth-order valence-electron chi connectivity index (χ4n) is 1.88. The van der Waals surface area contributed by atoms with E-state index in [0.717, 1.165) is 13.0 Å². The summed E-state index contributed by atoms with van der Waals surface area (Å²) in [6.07, 6.45) is 0.872. The average Bonchev–Trinajstić information content (AvgIpc) is 2.85. The van der Waals surface area contributed by atoms with Crippen molar-refractivity contribution in [2.24, 2.45) is 0 Å². The third kappa shape index (κ3) is 2.21. The Morgan fingerprint density at radius 3 is 3.06 bits per heavy atom. The van der Waals surface area contributed by atoms with E-state index >= 15 is 0 Å². The molecule has 1 aliphatic rings. The normalized spacial score (nSPS) is 20.4. The predicted octanol–water partition coefficient (Wildman–Crippen LogP) is 0.340. The Labute approximate surface area is 93.6 Å². The molecule has 0 aliphatic carbocycles. The number of hydrogen-bond acceptors (Lipinski definition) is 5. The Morgan fingerprint density at radius 1 is 1.62 bits per heavy atom. The van der Waals surface area contributed by atoms with Gasteiger partial charge in [0.2, 0.25) is 17.7 Å². The van der Waals surface area contributed by atoms with Gasteiger partial charge >= 0.3 is 0 Å². The van der Waals surface area contributed by atoms with Crippen LogP contribution in [0.15, 0.2) is 4.42 Å². The van der Waals surface area contributed by atoms with Gasteiger partial charge in [-0.1, -0.05) is 0 Å². The number of nitrogens with zero attached hydrogens (tertiary/aromatic N) is 3. The van der Waals surface area contributed by atoms with Crippen molar-refractivity contribution in [2.75, 3.05) is 26.8 Å². The summed E-state index contributed by atoms with van der Waals surface area (Å²) in [5.41, 5.74) is 0. The maximum absolute atomic E-state index is 11.6. The number of likely N-dealkylation sites (tertiary alicyclic amines) is 1. The number of rotatable bonds is 3. The molecule has 16 heavy (non-hydrogen) atoms. The Morgan fingerprint density at radius 2 is 2.44 bits per heavy atom. The van der Waals surface area contributed by atoms with E-state index in [0.29, 0.717) is 18.3 Å². The van der Waals surface area contributed by atoms with E-state index in [1.807, 2.05) is 0 Å². The fourth-order valence-corrected chi connectivity index (χ4v) is 1.88. The number of methoxy groups -OCH3 is 1. The van der Waals surface area contributed by atoms with Crippen molar-refractivity contribution in [3.63, 3.8) is 0 Å².